The summed E-state index contributed by atoms with van der Waals surface area (Å²) in [6, 6.07) is 4.86. The molecule has 0 fully saturated rings. The third-order valence-corrected chi connectivity index (χ3v) is 3.59. The van der Waals surface area contributed by atoms with Gasteiger partial charge in [0.25, 0.3) is 0 Å². The van der Waals surface area contributed by atoms with Crippen molar-refractivity contribution in [3.05, 3.63) is 50.3 Å². The molecule has 0 spiro atoms. The predicted octanol–water partition coefficient (Wildman–Crippen LogP) is 2.98. The highest BCUT2D eigenvalue weighted by molar-refractivity contribution is 6.31. The Morgan fingerprint density at radius 1 is 1.41 bits per heavy atom. The predicted molar refractivity (Wildman–Crippen MR) is 80.2 cm³/mol. The fraction of sp³-hybridized carbons (Fsp3) is 0.286. The summed E-state index contributed by atoms with van der Waals surface area (Å²) in [6.07, 6.45) is 0. The van der Waals surface area contributed by atoms with Crippen molar-refractivity contribution in [2.24, 2.45) is 0 Å². The number of benzene rings is 1. The molecule has 116 valence electrons. The minimum Gasteiger partial charge on any atom is -0.425 e. The summed E-state index contributed by atoms with van der Waals surface area (Å²) in [4.78, 5) is 22.3. The van der Waals surface area contributed by atoms with Gasteiger partial charge in [0, 0.05) is 5.02 Å². The number of carbonyl (C=O) groups excluding carboxylic acids is 1. The van der Waals surface area contributed by atoms with Crippen molar-refractivity contribution < 1.29 is 14.5 Å². The number of aromatic nitrogens is 2. The lowest BCUT2D eigenvalue weighted by Gasteiger charge is -2.07. The second-order valence-electron chi connectivity index (χ2n) is 4.82. The van der Waals surface area contributed by atoms with Gasteiger partial charge in [-0.15, -0.1) is 0 Å². The second kappa shape index (κ2) is 6.15. The molecule has 0 aliphatic rings. The summed E-state index contributed by atoms with van der Waals surface area (Å²) in [5, 5.41) is 15.5. The van der Waals surface area contributed by atoms with E-state index in [4.69, 9.17) is 16.3 Å². The molecule has 0 radical (unpaired) electrons. The second-order valence-corrected chi connectivity index (χ2v) is 5.23. The molecule has 7 nitrogen and oxygen atoms in total. The molecular weight excluding hydrogens is 310 g/mol. The Morgan fingerprint density at radius 3 is 2.64 bits per heavy atom. The van der Waals surface area contributed by atoms with Crippen LogP contribution in [0, 0.1) is 30.9 Å². The van der Waals surface area contributed by atoms with E-state index in [9.17, 15) is 14.9 Å². The lowest BCUT2D eigenvalue weighted by molar-refractivity contribution is -0.386. The van der Waals surface area contributed by atoms with Gasteiger partial charge in [0.15, 0.2) is 0 Å². The number of esters is 1. The lowest BCUT2D eigenvalue weighted by atomic mass is 10.2. The first-order valence-corrected chi connectivity index (χ1v) is 6.82. The van der Waals surface area contributed by atoms with Crippen LogP contribution in [0.1, 0.15) is 17.0 Å². The first-order chi connectivity index (χ1) is 10.3. The first-order valence-electron chi connectivity index (χ1n) is 6.45. The number of halogens is 1. The fourth-order valence-electron chi connectivity index (χ4n) is 2.07. The van der Waals surface area contributed by atoms with E-state index < -0.39 is 10.9 Å². The molecule has 0 aliphatic heterocycles. The molecule has 0 bridgehead atoms. The first kappa shape index (κ1) is 16.0. The van der Waals surface area contributed by atoms with Gasteiger partial charge in [-0.05, 0) is 44.5 Å². The maximum absolute atomic E-state index is 11.9. The SMILES string of the molecule is Cc1cc(OC(=O)Cn2nc(C)c([N+](=O)[O-])c2C)ccc1Cl. The van der Waals surface area contributed by atoms with Gasteiger partial charge in [0.2, 0.25) is 0 Å². The number of hydrogen-bond donors (Lipinski definition) is 0. The molecule has 1 aromatic carbocycles. The van der Waals surface area contributed by atoms with Crippen molar-refractivity contribution in [2.45, 2.75) is 27.3 Å². The molecule has 0 saturated carbocycles. The molecule has 0 unspecified atom stereocenters. The van der Waals surface area contributed by atoms with E-state index in [1.807, 2.05) is 0 Å². The van der Waals surface area contributed by atoms with Gasteiger partial charge in [-0.3, -0.25) is 14.8 Å². The molecular formula is C14H14ClN3O4. The van der Waals surface area contributed by atoms with Crippen LogP contribution >= 0.6 is 11.6 Å². The Balaban J connectivity index is 2.14. The van der Waals surface area contributed by atoms with Gasteiger partial charge in [-0.25, -0.2) is 4.79 Å². The van der Waals surface area contributed by atoms with Crippen LogP contribution in [0.2, 0.25) is 5.02 Å². The van der Waals surface area contributed by atoms with Gasteiger partial charge in [-0.1, -0.05) is 11.6 Å². The van der Waals surface area contributed by atoms with Crippen LogP contribution in [0.5, 0.6) is 5.75 Å². The molecule has 0 atom stereocenters. The standard InChI is InChI=1S/C14H14ClN3O4/c1-8-6-11(4-5-12(8)15)22-13(19)7-17-10(3)14(18(20)21)9(2)16-17/h4-6H,7H2,1-3H3. The average molecular weight is 324 g/mol. The molecule has 2 aromatic rings. The molecule has 22 heavy (non-hydrogen) atoms. The molecule has 0 amide bonds. The maximum atomic E-state index is 11.9. The molecule has 0 N–H and O–H groups in total. The van der Waals surface area contributed by atoms with Crippen molar-refractivity contribution in [1.29, 1.82) is 0 Å². The van der Waals surface area contributed by atoms with Crippen molar-refractivity contribution in [3.8, 4) is 5.75 Å². The fourth-order valence-corrected chi connectivity index (χ4v) is 2.19. The van der Waals surface area contributed by atoms with Crippen LogP contribution in [-0.4, -0.2) is 20.7 Å². The van der Waals surface area contributed by atoms with Crippen LogP contribution in [0.15, 0.2) is 18.2 Å². The number of carbonyl (C=O) groups is 1. The summed E-state index contributed by atoms with van der Waals surface area (Å²) in [6.45, 7) is 4.65. The molecule has 0 aliphatic carbocycles. The van der Waals surface area contributed by atoms with Crippen LogP contribution in [0.4, 0.5) is 5.69 Å². The summed E-state index contributed by atoms with van der Waals surface area (Å²) >= 11 is 5.90. The number of nitro groups is 1. The zero-order valence-electron chi connectivity index (χ0n) is 12.3. The Labute approximate surface area is 131 Å². The summed E-state index contributed by atoms with van der Waals surface area (Å²) in [5.74, 6) is -0.204. The molecule has 8 heteroatoms. The smallest absolute Gasteiger partial charge is 0.333 e. The largest absolute Gasteiger partial charge is 0.425 e. The van der Waals surface area contributed by atoms with E-state index in [-0.39, 0.29) is 17.9 Å². The van der Waals surface area contributed by atoms with Gasteiger partial charge in [0.1, 0.15) is 23.7 Å². The van der Waals surface area contributed by atoms with Crippen LogP contribution in [0.25, 0.3) is 0 Å². The summed E-state index contributed by atoms with van der Waals surface area (Å²) in [7, 11) is 0. The maximum Gasteiger partial charge on any atom is 0.333 e. The zero-order chi connectivity index (χ0) is 16.4. The topological polar surface area (TPSA) is 87.3 Å². The van der Waals surface area contributed by atoms with Crippen molar-refractivity contribution in [3.63, 3.8) is 0 Å². The van der Waals surface area contributed by atoms with Crippen molar-refractivity contribution in [2.75, 3.05) is 0 Å². The summed E-state index contributed by atoms with van der Waals surface area (Å²) < 4.78 is 6.45. The molecule has 1 aromatic heterocycles. The number of rotatable bonds is 4. The highest BCUT2D eigenvalue weighted by Crippen LogP contribution is 2.23. The molecule has 2 rings (SSSR count). The highest BCUT2D eigenvalue weighted by atomic mass is 35.5. The van der Waals surface area contributed by atoms with Crippen molar-refractivity contribution in [1.82, 2.24) is 9.78 Å². The number of nitrogens with zero attached hydrogens (tertiary/aromatic N) is 3. The third kappa shape index (κ3) is 3.25. The minimum atomic E-state index is -0.567. The number of aryl methyl sites for hydroxylation is 2. The van der Waals surface area contributed by atoms with E-state index >= 15 is 0 Å². The zero-order valence-corrected chi connectivity index (χ0v) is 13.0. The number of ether oxygens (including phenoxy) is 1. The average Bonchev–Trinajstić information content (AvgIpc) is 2.68. The Kier molecular flexibility index (Phi) is 4.46. The van der Waals surface area contributed by atoms with Gasteiger partial charge < -0.3 is 4.74 Å². The van der Waals surface area contributed by atoms with Crippen LogP contribution in [0.3, 0.4) is 0 Å². The Bertz CT molecular complexity index is 755. The quantitative estimate of drug-likeness (QED) is 0.373. The van der Waals surface area contributed by atoms with Crippen molar-refractivity contribution >= 4 is 23.3 Å². The Hall–Kier alpha value is -2.41. The monoisotopic (exact) mass is 323 g/mol. The van der Waals surface area contributed by atoms with E-state index in [0.717, 1.165) is 5.56 Å². The normalized spacial score (nSPS) is 10.5. The van der Waals surface area contributed by atoms with Gasteiger partial charge >= 0.3 is 11.7 Å². The third-order valence-electron chi connectivity index (χ3n) is 3.17. The number of hydrogen-bond acceptors (Lipinski definition) is 5. The lowest BCUT2D eigenvalue weighted by Crippen LogP contribution is -2.18. The van der Waals surface area contributed by atoms with Crippen LogP contribution < -0.4 is 4.74 Å². The van der Waals surface area contributed by atoms with Crippen LogP contribution in [-0.2, 0) is 11.3 Å². The molecule has 1 heterocycles. The van der Waals surface area contributed by atoms with E-state index in [0.29, 0.717) is 16.5 Å². The highest BCUT2D eigenvalue weighted by Gasteiger charge is 2.23. The van der Waals surface area contributed by atoms with Gasteiger partial charge in [-0.2, -0.15) is 5.10 Å². The van der Waals surface area contributed by atoms with Gasteiger partial charge in [0.05, 0.1) is 4.92 Å². The van der Waals surface area contributed by atoms with E-state index in [2.05, 4.69) is 5.10 Å². The molecule has 0 saturated heterocycles. The van der Waals surface area contributed by atoms with E-state index in [1.54, 1.807) is 25.1 Å². The van der Waals surface area contributed by atoms with E-state index in [1.165, 1.54) is 18.5 Å². The summed E-state index contributed by atoms with van der Waals surface area (Å²) in [5.41, 5.74) is 1.27. The minimum absolute atomic E-state index is 0.0878. The Morgan fingerprint density at radius 2 is 2.09 bits per heavy atom.